The molecule has 1 amide bonds. The summed E-state index contributed by atoms with van der Waals surface area (Å²) >= 11 is 6.11. The van der Waals surface area contributed by atoms with E-state index in [4.69, 9.17) is 16.3 Å². The lowest BCUT2D eigenvalue weighted by Gasteiger charge is -2.11. The second kappa shape index (κ2) is 8.53. The van der Waals surface area contributed by atoms with E-state index in [1.54, 1.807) is 18.3 Å². The Balaban J connectivity index is 1.84. The van der Waals surface area contributed by atoms with Gasteiger partial charge in [0.1, 0.15) is 5.75 Å². The fraction of sp³-hybridized carbons (Fsp3) is 0.263. The number of carbonyl (C=O) groups excluding carboxylic acids is 1. The lowest BCUT2D eigenvalue weighted by molar-refractivity contribution is -0.123. The minimum atomic E-state index is -0.327. The number of amides is 1. The molecular formula is C19H22ClN3O2. The molecule has 2 rings (SSSR count). The second-order valence-corrected chi connectivity index (χ2v) is 6.32. The maximum atomic E-state index is 11.8. The van der Waals surface area contributed by atoms with Crippen LogP contribution < -0.4 is 15.1 Å². The van der Waals surface area contributed by atoms with Crippen LogP contribution in [-0.4, -0.2) is 32.8 Å². The first-order valence-corrected chi connectivity index (χ1v) is 8.23. The highest BCUT2D eigenvalue weighted by atomic mass is 35.5. The van der Waals surface area contributed by atoms with Gasteiger partial charge in [0.05, 0.1) is 6.21 Å². The van der Waals surface area contributed by atoms with Crippen LogP contribution in [0.4, 0.5) is 5.69 Å². The standard InChI is InChI=1S/C19H22ClN3O2/c1-13-9-17(10-14(2)19(13)20)25-12-18(24)22-21-11-15-5-7-16(8-6-15)23(3)4/h5-11H,12H2,1-4H3,(H,22,24)/b21-11-. The van der Waals surface area contributed by atoms with Gasteiger partial charge in [-0.05, 0) is 54.8 Å². The van der Waals surface area contributed by atoms with E-state index >= 15 is 0 Å². The number of anilines is 1. The first-order chi connectivity index (χ1) is 11.9. The molecular weight excluding hydrogens is 338 g/mol. The summed E-state index contributed by atoms with van der Waals surface area (Å²) in [6, 6.07) is 11.4. The first kappa shape index (κ1) is 18.8. The van der Waals surface area contributed by atoms with Crippen molar-refractivity contribution in [1.82, 2.24) is 5.43 Å². The van der Waals surface area contributed by atoms with Gasteiger partial charge in [0.15, 0.2) is 6.61 Å². The van der Waals surface area contributed by atoms with Crippen LogP contribution in [0.25, 0.3) is 0 Å². The molecule has 0 saturated heterocycles. The van der Waals surface area contributed by atoms with Gasteiger partial charge in [-0.25, -0.2) is 5.43 Å². The number of nitrogens with one attached hydrogen (secondary N) is 1. The molecule has 25 heavy (non-hydrogen) atoms. The molecule has 0 aliphatic carbocycles. The van der Waals surface area contributed by atoms with Crippen molar-refractivity contribution in [3.63, 3.8) is 0 Å². The van der Waals surface area contributed by atoms with Crippen molar-refractivity contribution in [1.29, 1.82) is 0 Å². The second-order valence-electron chi connectivity index (χ2n) is 5.94. The van der Waals surface area contributed by atoms with Gasteiger partial charge in [-0.1, -0.05) is 23.7 Å². The maximum Gasteiger partial charge on any atom is 0.277 e. The highest BCUT2D eigenvalue weighted by molar-refractivity contribution is 6.32. The fourth-order valence-electron chi connectivity index (χ4n) is 2.21. The van der Waals surface area contributed by atoms with E-state index in [0.29, 0.717) is 10.8 Å². The number of rotatable bonds is 6. The Morgan fingerprint density at radius 2 is 1.80 bits per heavy atom. The van der Waals surface area contributed by atoms with Crippen LogP contribution in [0.1, 0.15) is 16.7 Å². The lowest BCUT2D eigenvalue weighted by atomic mass is 10.1. The molecule has 132 valence electrons. The lowest BCUT2D eigenvalue weighted by Crippen LogP contribution is -2.24. The van der Waals surface area contributed by atoms with Crippen LogP contribution in [0.5, 0.6) is 5.75 Å². The van der Waals surface area contributed by atoms with Gasteiger partial charge in [-0.3, -0.25) is 4.79 Å². The molecule has 0 aliphatic rings. The summed E-state index contributed by atoms with van der Waals surface area (Å²) in [5.74, 6) is 0.282. The zero-order valence-corrected chi connectivity index (χ0v) is 15.6. The molecule has 0 unspecified atom stereocenters. The molecule has 2 aromatic rings. The van der Waals surface area contributed by atoms with E-state index in [0.717, 1.165) is 22.4 Å². The van der Waals surface area contributed by atoms with Gasteiger partial charge in [0, 0.05) is 24.8 Å². The molecule has 0 spiro atoms. The van der Waals surface area contributed by atoms with E-state index in [1.807, 2.05) is 57.1 Å². The number of hydrogen-bond acceptors (Lipinski definition) is 4. The molecule has 0 atom stereocenters. The Kier molecular flexibility index (Phi) is 6.42. The molecule has 2 aromatic carbocycles. The molecule has 5 nitrogen and oxygen atoms in total. The number of carbonyl (C=O) groups is 1. The van der Waals surface area contributed by atoms with Crippen molar-refractivity contribution in [2.24, 2.45) is 5.10 Å². The zero-order chi connectivity index (χ0) is 18.4. The minimum Gasteiger partial charge on any atom is -0.484 e. The topological polar surface area (TPSA) is 53.9 Å². The van der Waals surface area contributed by atoms with Crippen LogP contribution >= 0.6 is 11.6 Å². The maximum absolute atomic E-state index is 11.8. The van der Waals surface area contributed by atoms with Crippen molar-refractivity contribution >= 4 is 29.4 Å². The van der Waals surface area contributed by atoms with E-state index in [1.165, 1.54) is 0 Å². The molecule has 0 radical (unpaired) electrons. The van der Waals surface area contributed by atoms with Gasteiger partial charge >= 0.3 is 0 Å². The molecule has 0 heterocycles. The van der Waals surface area contributed by atoms with E-state index in [9.17, 15) is 4.79 Å². The molecule has 6 heteroatoms. The Labute approximate surface area is 153 Å². The average molecular weight is 360 g/mol. The summed E-state index contributed by atoms with van der Waals surface area (Å²) in [4.78, 5) is 13.8. The average Bonchev–Trinajstić information content (AvgIpc) is 2.58. The Hall–Kier alpha value is -2.53. The smallest absolute Gasteiger partial charge is 0.277 e. The van der Waals surface area contributed by atoms with Crippen LogP contribution in [0, 0.1) is 13.8 Å². The first-order valence-electron chi connectivity index (χ1n) is 7.85. The third-order valence-electron chi connectivity index (χ3n) is 3.59. The largest absolute Gasteiger partial charge is 0.484 e. The number of benzene rings is 2. The number of ether oxygens (including phenoxy) is 1. The van der Waals surface area contributed by atoms with E-state index in [-0.39, 0.29) is 12.5 Å². The van der Waals surface area contributed by atoms with Crippen molar-refractivity contribution < 1.29 is 9.53 Å². The van der Waals surface area contributed by atoms with Crippen LogP contribution in [-0.2, 0) is 4.79 Å². The number of aryl methyl sites for hydroxylation is 2. The van der Waals surface area contributed by atoms with Crippen molar-refractivity contribution in [3.8, 4) is 5.75 Å². The Bertz CT molecular complexity index is 748. The summed E-state index contributed by atoms with van der Waals surface area (Å²) in [5.41, 5.74) is 6.27. The summed E-state index contributed by atoms with van der Waals surface area (Å²) in [5, 5.41) is 4.65. The van der Waals surface area contributed by atoms with Gasteiger partial charge in [-0.2, -0.15) is 5.10 Å². The van der Waals surface area contributed by atoms with Gasteiger partial charge in [0.2, 0.25) is 0 Å². The van der Waals surface area contributed by atoms with E-state index < -0.39 is 0 Å². The molecule has 0 aliphatic heterocycles. The Morgan fingerprint density at radius 1 is 1.20 bits per heavy atom. The molecule has 0 bridgehead atoms. The number of hydrazone groups is 1. The predicted molar refractivity (Wildman–Crippen MR) is 103 cm³/mol. The van der Waals surface area contributed by atoms with Crippen LogP contribution in [0.3, 0.4) is 0 Å². The van der Waals surface area contributed by atoms with Gasteiger partial charge in [-0.15, -0.1) is 0 Å². The molecule has 0 saturated carbocycles. The third-order valence-corrected chi connectivity index (χ3v) is 4.19. The van der Waals surface area contributed by atoms with Gasteiger partial charge in [0.25, 0.3) is 5.91 Å². The normalized spacial score (nSPS) is 10.8. The predicted octanol–water partition coefficient (Wildman–Crippen LogP) is 3.55. The van der Waals surface area contributed by atoms with Crippen LogP contribution in [0.15, 0.2) is 41.5 Å². The zero-order valence-electron chi connectivity index (χ0n) is 14.8. The number of halogens is 1. The quantitative estimate of drug-likeness (QED) is 0.634. The number of nitrogens with zero attached hydrogens (tertiary/aromatic N) is 2. The van der Waals surface area contributed by atoms with Crippen molar-refractivity contribution in [3.05, 3.63) is 58.1 Å². The summed E-state index contributed by atoms with van der Waals surface area (Å²) in [7, 11) is 3.96. The Morgan fingerprint density at radius 3 is 2.36 bits per heavy atom. The molecule has 0 aromatic heterocycles. The van der Waals surface area contributed by atoms with Crippen molar-refractivity contribution in [2.75, 3.05) is 25.6 Å². The van der Waals surface area contributed by atoms with Crippen LogP contribution in [0.2, 0.25) is 5.02 Å². The molecule has 1 N–H and O–H groups in total. The van der Waals surface area contributed by atoms with E-state index in [2.05, 4.69) is 10.5 Å². The monoisotopic (exact) mass is 359 g/mol. The molecule has 0 fully saturated rings. The number of hydrogen-bond donors (Lipinski definition) is 1. The highest BCUT2D eigenvalue weighted by Crippen LogP contribution is 2.25. The SMILES string of the molecule is Cc1cc(OCC(=O)N/N=C\c2ccc(N(C)C)cc2)cc(C)c1Cl. The summed E-state index contributed by atoms with van der Waals surface area (Å²) < 4.78 is 5.48. The summed E-state index contributed by atoms with van der Waals surface area (Å²) in [6.45, 7) is 3.68. The minimum absolute atomic E-state index is 0.114. The highest BCUT2D eigenvalue weighted by Gasteiger charge is 2.06. The van der Waals surface area contributed by atoms with Gasteiger partial charge < -0.3 is 9.64 Å². The fourth-order valence-corrected chi connectivity index (χ4v) is 2.32. The third kappa shape index (κ3) is 5.50. The van der Waals surface area contributed by atoms with Crippen molar-refractivity contribution in [2.45, 2.75) is 13.8 Å². The summed E-state index contributed by atoms with van der Waals surface area (Å²) in [6.07, 6.45) is 1.59.